The fourth-order valence-electron chi connectivity index (χ4n) is 2.04. The SMILES string of the molecule is CC(C)C(=O)NCCNC1C(=O)Nc2cc(Br)ccc21. The fraction of sp³-hybridized carbons (Fsp3) is 0.429. The molecule has 0 saturated carbocycles. The number of carbonyl (C=O) groups is 2. The molecule has 2 rings (SSSR count). The molecule has 1 aliphatic heterocycles. The largest absolute Gasteiger partial charge is 0.355 e. The van der Waals surface area contributed by atoms with E-state index in [0.717, 1.165) is 15.7 Å². The number of amides is 2. The van der Waals surface area contributed by atoms with E-state index in [2.05, 4.69) is 31.9 Å². The smallest absolute Gasteiger partial charge is 0.246 e. The van der Waals surface area contributed by atoms with Crippen LogP contribution in [0.1, 0.15) is 25.5 Å². The zero-order valence-corrected chi connectivity index (χ0v) is 13.1. The van der Waals surface area contributed by atoms with Gasteiger partial charge in [-0.25, -0.2) is 0 Å². The maximum atomic E-state index is 11.9. The average molecular weight is 340 g/mol. The molecule has 6 heteroatoms. The Morgan fingerprint density at radius 2 is 2.15 bits per heavy atom. The summed E-state index contributed by atoms with van der Waals surface area (Å²) in [5.41, 5.74) is 1.77. The molecule has 5 nitrogen and oxygen atoms in total. The van der Waals surface area contributed by atoms with Gasteiger partial charge in [0.25, 0.3) is 0 Å². The van der Waals surface area contributed by atoms with Crippen molar-refractivity contribution in [2.24, 2.45) is 5.92 Å². The molecule has 1 unspecified atom stereocenters. The summed E-state index contributed by atoms with van der Waals surface area (Å²) >= 11 is 3.38. The van der Waals surface area contributed by atoms with Gasteiger partial charge in [-0.3, -0.25) is 9.59 Å². The van der Waals surface area contributed by atoms with E-state index in [9.17, 15) is 9.59 Å². The van der Waals surface area contributed by atoms with Crippen molar-refractivity contribution >= 4 is 33.4 Å². The molecule has 0 aliphatic carbocycles. The van der Waals surface area contributed by atoms with Crippen LogP contribution < -0.4 is 16.0 Å². The van der Waals surface area contributed by atoms with Crippen LogP contribution >= 0.6 is 15.9 Å². The minimum Gasteiger partial charge on any atom is -0.355 e. The van der Waals surface area contributed by atoms with Crippen LogP contribution in [0.3, 0.4) is 0 Å². The van der Waals surface area contributed by atoms with Gasteiger partial charge in [-0.05, 0) is 12.1 Å². The van der Waals surface area contributed by atoms with E-state index in [0.29, 0.717) is 13.1 Å². The molecule has 0 radical (unpaired) electrons. The first kappa shape index (κ1) is 15.0. The standard InChI is InChI=1S/C14H18BrN3O2/c1-8(2)13(19)17-6-5-16-12-10-4-3-9(15)7-11(10)18-14(12)20/h3-4,7-8,12,16H,5-6H2,1-2H3,(H,17,19)(H,18,20). The quantitative estimate of drug-likeness (QED) is 0.716. The number of anilines is 1. The van der Waals surface area contributed by atoms with E-state index >= 15 is 0 Å². The highest BCUT2D eigenvalue weighted by Gasteiger charge is 2.29. The van der Waals surface area contributed by atoms with Gasteiger partial charge in [0.2, 0.25) is 11.8 Å². The van der Waals surface area contributed by atoms with E-state index in [1.807, 2.05) is 32.0 Å². The zero-order chi connectivity index (χ0) is 14.7. The van der Waals surface area contributed by atoms with E-state index in [1.54, 1.807) is 0 Å². The molecule has 1 aliphatic rings. The molecule has 2 amide bonds. The first-order valence-electron chi connectivity index (χ1n) is 6.60. The van der Waals surface area contributed by atoms with Crippen molar-refractivity contribution in [3.63, 3.8) is 0 Å². The number of carbonyl (C=O) groups excluding carboxylic acids is 2. The first-order valence-corrected chi connectivity index (χ1v) is 7.39. The van der Waals surface area contributed by atoms with Crippen molar-refractivity contribution in [3.05, 3.63) is 28.2 Å². The number of fused-ring (bicyclic) bond motifs is 1. The Hall–Kier alpha value is -1.40. The maximum Gasteiger partial charge on any atom is 0.246 e. The summed E-state index contributed by atoms with van der Waals surface area (Å²) in [7, 11) is 0. The van der Waals surface area contributed by atoms with E-state index in [1.165, 1.54) is 0 Å². The van der Waals surface area contributed by atoms with Crippen molar-refractivity contribution in [2.45, 2.75) is 19.9 Å². The molecule has 1 atom stereocenters. The molecule has 3 N–H and O–H groups in total. The lowest BCUT2D eigenvalue weighted by Crippen LogP contribution is -2.37. The highest BCUT2D eigenvalue weighted by molar-refractivity contribution is 9.10. The maximum absolute atomic E-state index is 11.9. The van der Waals surface area contributed by atoms with Gasteiger partial charge < -0.3 is 16.0 Å². The van der Waals surface area contributed by atoms with Crippen molar-refractivity contribution in [1.29, 1.82) is 0 Å². The van der Waals surface area contributed by atoms with Gasteiger partial charge in [-0.15, -0.1) is 0 Å². The minimum absolute atomic E-state index is 0.0204. The summed E-state index contributed by atoms with van der Waals surface area (Å²) in [6, 6.07) is 5.36. The van der Waals surface area contributed by atoms with Gasteiger partial charge in [-0.2, -0.15) is 0 Å². The van der Waals surface area contributed by atoms with Crippen LogP contribution in [0.5, 0.6) is 0 Å². The number of hydrogen-bond donors (Lipinski definition) is 3. The molecule has 1 aromatic carbocycles. The summed E-state index contributed by atoms with van der Waals surface area (Å²) in [5.74, 6) is -0.0665. The Kier molecular flexibility index (Phi) is 4.77. The predicted molar refractivity (Wildman–Crippen MR) is 81.4 cm³/mol. The molecule has 0 spiro atoms. The van der Waals surface area contributed by atoms with Gasteiger partial charge in [-0.1, -0.05) is 35.8 Å². The number of hydrogen-bond acceptors (Lipinski definition) is 3. The second-order valence-corrected chi connectivity index (χ2v) is 5.97. The second kappa shape index (κ2) is 6.37. The van der Waals surface area contributed by atoms with E-state index in [-0.39, 0.29) is 23.8 Å². The molecule has 20 heavy (non-hydrogen) atoms. The molecule has 0 fully saturated rings. The van der Waals surface area contributed by atoms with E-state index in [4.69, 9.17) is 0 Å². The van der Waals surface area contributed by atoms with Crippen LogP contribution in [0.2, 0.25) is 0 Å². The normalized spacial score (nSPS) is 17.0. The number of halogens is 1. The van der Waals surface area contributed by atoms with Crippen molar-refractivity contribution in [1.82, 2.24) is 10.6 Å². The first-order chi connectivity index (χ1) is 9.49. The van der Waals surface area contributed by atoms with Gasteiger partial charge >= 0.3 is 0 Å². The summed E-state index contributed by atoms with van der Waals surface area (Å²) in [4.78, 5) is 23.3. The highest BCUT2D eigenvalue weighted by atomic mass is 79.9. The lowest BCUT2D eigenvalue weighted by Gasteiger charge is -2.12. The molecular weight excluding hydrogens is 322 g/mol. The molecule has 1 heterocycles. The third kappa shape index (κ3) is 3.37. The number of benzene rings is 1. The molecule has 1 aromatic rings. The summed E-state index contributed by atoms with van der Waals surface area (Å²) in [5, 5.41) is 8.81. The fourth-order valence-corrected chi connectivity index (χ4v) is 2.40. The van der Waals surface area contributed by atoms with Crippen molar-refractivity contribution in [3.8, 4) is 0 Å². The Morgan fingerprint density at radius 1 is 1.40 bits per heavy atom. The molecular formula is C14H18BrN3O2. The zero-order valence-electron chi connectivity index (χ0n) is 11.5. The predicted octanol–water partition coefficient (Wildman–Crippen LogP) is 1.80. The van der Waals surface area contributed by atoms with Crippen LogP contribution in [0, 0.1) is 5.92 Å². The Bertz CT molecular complexity index is 531. The summed E-state index contributed by atoms with van der Waals surface area (Å²) in [6.45, 7) is 4.75. The lowest BCUT2D eigenvalue weighted by atomic mass is 10.1. The van der Waals surface area contributed by atoms with Gasteiger partial charge in [0, 0.05) is 34.7 Å². The van der Waals surface area contributed by atoms with Crippen LogP contribution in [-0.4, -0.2) is 24.9 Å². The van der Waals surface area contributed by atoms with Crippen LogP contribution in [-0.2, 0) is 9.59 Å². The Labute approximate surface area is 126 Å². The van der Waals surface area contributed by atoms with Crippen molar-refractivity contribution < 1.29 is 9.59 Å². The topological polar surface area (TPSA) is 70.2 Å². The van der Waals surface area contributed by atoms with Crippen LogP contribution in [0.15, 0.2) is 22.7 Å². The third-order valence-corrected chi connectivity index (χ3v) is 3.64. The number of nitrogens with one attached hydrogen (secondary N) is 3. The Morgan fingerprint density at radius 3 is 2.85 bits per heavy atom. The van der Waals surface area contributed by atoms with Crippen molar-refractivity contribution in [2.75, 3.05) is 18.4 Å². The molecule has 0 aromatic heterocycles. The third-order valence-electron chi connectivity index (χ3n) is 3.14. The van der Waals surface area contributed by atoms with Gasteiger partial charge in [0.05, 0.1) is 0 Å². The van der Waals surface area contributed by atoms with Gasteiger partial charge in [0.1, 0.15) is 6.04 Å². The summed E-state index contributed by atoms with van der Waals surface area (Å²) < 4.78 is 0.932. The van der Waals surface area contributed by atoms with Crippen LogP contribution in [0.4, 0.5) is 5.69 Å². The lowest BCUT2D eigenvalue weighted by molar-refractivity contribution is -0.123. The Balaban J connectivity index is 1.88. The monoisotopic (exact) mass is 339 g/mol. The minimum atomic E-state index is -0.353. The second-order valence-electron chi connectivity index (χ2n) is 5.05. The molecule has 0 bridgehead atoms. The van der Waals surface area contributed by atoms with E-state index < -0.39 is 0 Å². The molecule has 108 valence electrons. The molecule has 0 saturated heterocycles. The summed E-state index contributed by atoms with van der Waals surface area (Å²) in [6.07, 6.45) is 0. The van der Waals surface area contributed by atoms with Gasteiger partial charge in [0.15, 0.2) is 0 Å². The van der Waals surface area contributed by atoms with Crippen LogP contribution in [0.25, 0.3) is 0 Å². The average Bonchev–Trinajstić information content (AvgIpc) is 2.69. The highest BCUT2D eigenvalue weighted by Crippen LogP contribution is 2.32. The number of rotatable bonds is 5.